The van der Waals surface area contributed by atoms with Gasteiger partial charge in [-0.3, -0.25) is 4.98 Å². The van der Waals surface area contributed by atoms with Gasteiger partial charge in [-0.15, -0.1) is 0 Å². The van der Waals surface area contributed by atoms with E-state index in [-0.39, 0.29) is 0 Å². The summed E-state index contributed by atoms with van der Waals surface area (Å²) in [6.07, 6.45) is 5.33. The predicted molar refractivity (Wildman–Crippen MR) is 142 cm³/mol. The second-order valence-electron chi connectivity index (χ2n) is 10.2. The molecule has 1 aromatic carbocycles. The maximum Gasteiger partial charge on any atom is 0.490 e. The molecule has 5 rings (SSSR count). The monoisotopic (exact) mass is 553 g/mol. The van der Waals surface area contributed by atoms with Crippen LogP contribution in [0.3, 0.4) is 0 Å². The molecule has 39 heavy (non-hydrogen) atoms. The van der Waals surface area contributed by atoms with E-state index in [1.807, 2.05) is 0 Å². The van der Waals surface area contributed by atoms with Gasteiger partial charge in [0.1, 0.15) is 0 Å². The molecule has 0 spiro atoms. The number of anilines is 1. The van der Waals surface area contributed by atoms with E-state index in [2.05, 4.69) is 22.3 Å². The molecule has 1 aromatic heterocycles. The first-order chi connectivity index (χ1) is 18.8. The van der Waals surface area contributed by atoms with Crippen molar-refractivity contribution < 1.29 is 37.3 Å². The molecule has 2 aliphatic heterocycles. The minimum absolute atomic E-state index is 0.452. The van der Waals surface area contributed by atoms with Crippen LogP contribution in [0.2, 0.25) is 0 Å². The van der Waals surface area contributed by atoms with Crippen molar-refractivity contribution in [2.24, 2.45) is 0 Å². The smallest absolute Gasteiger partial charge is 0.490 e. The number of aliphatic carboxylic acids is 1. The number of fused-ring (bicyclic) bond motifs is 2. The van der Waals surface area contributed by atoms with E-state index < -0.39 is 12.1 Å². The lowest BCUT2D eigenvalue weighted by atomic mass is 9.92. The van der Waals surface area contributed by atoms with Crippen LogP contribution in [-0.4, -0.2) is 79.7 Å². The molecule has 8 nitrogen and oxygen atoms in total. The Morgan fingerprint density at radius 1 is 1.13 bits per heavy atom. The van der Waals surface area contributed by atoms with Crippen LogP contribution in [-0.2, 0) is 22.4 Å². The number of carbonyl (C=O) groups is 1. The standard InChI is InChI=1S/C26H37N3O3.C2HF3O2/c1-30-24-17-21-23(18-25(24)32-14-6-13-29-11-4-5-12-29)28-22-8-3-2-7-20(22)26(21)27-19-9-15-31-16-10-19;3-2(4,5)1(6)7/h17-19H,2-16H2,1H3,(H,27,28);(H,6,7). The molecule has 2 N–H and O–H groups in total. The summed E-state index contributed by atoms with van der Waals surface area (Å²) < 4.78 is 49.3. The van der Waals surface area contributed by atoms with E-state index in [9.17, 15) is 13.2 Å². The normalized spacial score (nSPS) is 18.3. The van der Waals surface area contributed by atoms with Gasteiger partial charge in [-0.05, 0) is 82.5 Å². The number of methoxy groups -OCH3 is 1. The molecule has 0 unspecified atom stereocenters. The quantitative estimate of drug-likeness (QED) is 0.431. The number of benzene rings is 1. The molecule has 0 atom stereocenters. The number of aryl methyl sites for hydroxylation is 1. The Morgan fingerprint density at radius 3 is 2.49 bits per heavy atom. The van der Waals surface area contributed by atoms with Gasteiger partial charge in [0.25, 0.3) is 0 Å². The Balaban J connectivity index is 0.000000448. The van der Waals surface area contributed by atoms with Crippen LogP contribution >= 0.6 is 0 Å². The van der Waals surface area contributed by atoms with Crippen LogP contribution in [0.15, 0.2) is 12.1 Å². The van der Waals surface area contributed by atoms with Crippen LogP contribution in [0.4, 0.5) is 18.9 Å². The van der Waals surface area contributed by atoms with Crippen molar-refractivity contribution in [1.82, 2.24) is 9.88 Å². The van der Waals surface area contributed by atoms with Gasteiger partial charge in [0, 0.05) is 48.6 Å². The number of halogens is 3. The van der Waals surface area contributed by atoms with Crippen LogP contribution in [0.25, 0.3) is 10.9 Å². The summed E-state index contributed by atoms with van der Waals surface area (Å²) in [4.78, 5) is 16.5. The fourth-order valence-electron chi connectivity index (χ4n) is 5.39. The third-order valence-electron chi connectivity index (χ3n) is 7.43. The summed E-state index contributed by atoms with van der Waals surface area (Å²) in [5, 5.41) is 12.2. The highest BCUT2D eigenvalue weighted by atomic mass is 19.4. The lowest BCUT2D eigenvalue weighted by Crippen LogP contribution is -2.29. The average molecular weight is 554 g/mol. The van der Waals surface area contributed by atoms with E-state index in [4.69, 9.17) is 29.1 Å². The summed E-state index contributed by atoms with van der Waals surface area (Å²) in [7, 11) is 1.73. The van der Waals surface area contributed by atoms with Crippen LogP contribution in [0.5, 0.6) is 11.5 Å². The second kappa shape index (κ2) is 13.5. The highest BCUT2D eigenvalue weighted by Gasteiger charge is 2.38. The molecule has 216 valence electrons. The van der Waals surface area contributed by atoms with Gasteiger partial charge >= 0.3 is 12.1 Å². The van der Waals surface area contributed by atoms with E-state index in [0.29, 0.717) is 12.6 Å². The molecule has 1 aliphatic carbocycles. The largest absolute Gasteiger partial charge is 0.493 e. The van der Waals surface area contributed by atoms with E-state index >= 15 is 0 Å². The molecule has 0 amide bonds. The zero-order chi connectivity index (χ0) is 27.8. The zero-order valence-corrected chi connectivity index (χ0v) is 22.4. The van der Waals surface area contributed by atoms with Gasteiger partial charge in [-0.25, -0.2) is 4.79 Å². The highest BCUT2D eigenvalue weighted by Crippen LogP contribution is 2.40. The zero-order valence-electron chi connectivity index (χ0n) is 22.4. The van der Waals surface area contributed by atoms with Crippen molar-refractivity contribution in [2.45, 2.75) is 70.0 Å². The number of carboxylic acid groups (broad SMARTS) is 1. The molecule has 2 fully saturated rings. The first kappa shape index (κ1) is 29.2. The number of pyridine rings is 1. The second-order valence-corrected chi connectivity index (χ2v) is 10.2. The van der Waals surface area contributed by atoms with Gasteiger partial charge < -0.3 is 29.5 Å². The van der Waals surface area contributed by atoms with Crippen molar-refractivity contribution in [3.8, 4) is 11.5 Å². The molecule has 3 aliphatic rings. The Bertz CT molecular complexity index is 1120. The Labute approximate surface area is 226 Å². The van der Waals surface area contributed by atoms with Gasteiger partial charge in [0.2, 0.25) is 0 Å². The highest BCUT2D eigenvalue weighted by molar-refractivity contribution is 5.96. The lowest BCUT2D eigenvalue weighted by molar-refractivity contribution is -0.192. The Hall–Kier alpha value is -2.79. The maximum absolute atomic E-state index is 10.6. The topological polar surface area (TPSA) is 93.2 Å². The number of carboxylic acids is 1. The third-order valence-corrected chi connectivity index (χ3v) is 7.43. The number of ether oxygens (including phenoxy) is 3. The van der Waals surface area contributed by atoms with Crippen molar-refractivity contribution in [2.75, 3.05) is 51.9 Å². The van der Waals surface area contributed by atoms with Crippen LogP contribution in [0.1, 0.15) is 56.2 Å². The van der Waals surface area contributed by atoms with Crippen molar-refractivity contribution in [1.29, 1.82) is 0 Å². The lowest BCUT2D eigenvalue weighted by Gasteiger charge is -2.28. The number of alkyl halides is 3. The molecule has 0 radical (unpaired) electrons. The molecular formula is C28H38F3N3O5. The van der Waals surface area contributed by atoms with E-state index in [1.165, 1.54) is 55.7 Å². The maximum atomic E-state index is 10.6. The van der Waals surface area contributed by atoms with Gasteiger partial charge in [0.05, 0.1) is 19.2 Å². The van der Waals surface area contributed by atoms with Crippen LogP contribution in [0, 0.1) is 0 Å². The van der Waals surface area contributed by atoms with Crippen LogP contribution < -0.4 is 14.8 Å². The molecule has 0 bridgehead atoms. The molecular weight excluding hydrogens is 515 g/mol. The number of nitrogens with zero attached hydrogens (tertiary/aromatic N) is 2. The number of nitrogens with one attached hydrogen (secondary N) is 1. The third kappa shape index (κ3) is 7.88. The summed E-state index contributed by atoms with van der Waals surface area (Å²) in [5.41, 5.74) is 4.92. The number of rotatable bonds is 8. The fraction of sp³-hybridized carbons (Fsp3) is 0.643. The van der Waals surface area contributed by atoms with Crippen molar-refractivity contribution in [3.05, 3.63) is 23.4 Å². The fourth-order valence-corrected chi connectivity index (χ4v) is 5.39. The minimum atomic E-state index is -5.08. The Kier molecular flexibility index (Phi) is 10.1. The number of hydrogen-bond acceptors (Lipinski definition) is 7. The summed E-state index contributed by atoms with van der Waals surface area (Å²) in [6.45, 7) is 5.95. The van der Waals surface area contributed by atoms with E-state index in [0.717, 1.165) is 74.3 Å². The summed E-state index contributed by atoms with van der Waals surface area (Å²) in [6, 6.07) is 4.68. The minimum Gasteiger partial charge on any atom is -0.493 e. The molecule has 2 saturated heterocycles. The van der Waals surface area contributed by atoms with Gasteiger partial charge in [-0.1, -0.05) is 0 Å². The first-order valence-electron chi connectivity index (χ1n) is 13.8. The van der Waals surface area contributed by atoms with E-state index in [1.54, 1.807) is 7.11 Å². The SMILES string of the molecule is COc1cc2c(NC3CCOCC3)c3c(nc2cc1OCCCN1CCCC1)CCCC3.O=C(O)C(F)(F)F. The van der Waals surface area contributed by atoms with Gasteiger partial charge in [0.15, 0.2) is 11.5 Å². The number of hydrogen-bond donors (Lipinski definition) is 2. The Morgan fingerprint density at radius 2 is 1.82 bits per heavy atom. The molecule has 2 aromatic rings. The molecule has 11 heteroatoms. The average Bonchev–Trinajstić information content (AvgIpc) is 3.45. The van der Waals surface area contributed by atoms with Gasteiger partial charge in [-0.2, -0.15) is 13.2 Å². The molecule has 3 heterocycles. The predicted octanol–water partition coefficient (Wildman–Crippen LogP) is 5.21. The van der Waals surface area contributed by atoms with Crippen molar-refractivity contribution in [3.63, 3.8) is 0 Å². The molecule has 0 saturated carbocycles. The first-order valence-corrected chi connectivity index (χ1v) is 13.8. The number of aromatic nitrogens is 1. The number of likely N-dealkylation sites (tertiary alicyclic amines) is 1. The van der Waals surface area contributed by atoms with Crippen molar-refractivity contribution >= 4 is 22.6 Å². The summed E-state index contributed by atoms with van der Waals surface area (Å²) >= 11 is 0. The summed E-state index contributed by atoms with van der Waals surface area (Å²) in [5.74, 6) is -1.15.